The average molecular weight is 413 g/mol. The summed E-state index contributed by atoms with van der Waals surface area (Å²) in [5.74, 6) is 0.818. The molecular weight excluding hydrogens is 370 g/mol. The third-order valence-corrected chi connectivity index (χ3v) is 5.03. The second-order valence-corrected chi connectivity index (χ2v) is 8.05. The Kier molecular flexibility index (Phi) is 21.5. The van der Waals surface area contributed by atoms with Crippen molar-refractivity contribution in [3.8, 4) is 0 Å². The van der Waals surface area contributed by atoms with E-state index in [2.05, 4.69) is 21.0 Å². The molecule has 0 aromatic rings. The second kappa shape index (κ2) is 19.1. The van der Waals surface area contributed by atoms with Crippen molar-refractivity contribution < 1.29 is 21.5 Å². The molecule has 0 amide bonds. The predicted molar refractivity (Wildman–Crippen MR) is 103 cm³/mol. The van der Waals surface area contributed by atoms with Crippen LogP contribution in [0.15, 0.2) is 0 Å². The normalized spacial score (nSPS) is 11.5. The number of halogens is 2. The Morgan fingerprint density at radius 3 is 1.30 bits per heavy atom. The van der Waals surface area contributed by atoms with E-state index >= 15 is 0 Å². The van der Waals surface area contributed by atoms with Crippen molar-refractivity contribution in [1.82, 2.24) is 0 Å². The molecular formula is C20H43BrClN. The van der Waals surface area contributed by atoms with E-state index in [-0.39, 0.29) is 17.0 Å². The van der Waals surface area contributed by atoms with Crippen LogP contribution < -0.4 is 17.0 Å². The van der Waals surface area contributed by atoms with Gasteiger partial charge in [0.15, 0.2) is 0 Å². The number of unbranched alkanes of at least 4 members (excludes halogenated alkanes) is 12. The van der Waals surface area contributed by atoms with Crippen molar-refractivity contribution in [3.63, 3.8) is 0 Å². The first-order valence-corrected chi connectivity index (χ1v) is 10.5. The molecule has 0 radical (unpaired) electrons. The molecule has 0 N–H and O–H groups in total. The van der Waals surface area contributed by atoms with E-state index in [0.29, 0.717) is 0 Å². The van der Waals surface area contributed by atoms with Gasteiger partial charge >= 0.3 is 0 Å². The third kappa shape index (κ3) is 20.7. The molecule has 0 unspecified atom stereocenters. The van der Waals surface area contributed by atoms with Gasteiger partial charge in [0.25, 0.3) is 0 Å². The Morgan fingerprint density at radius 1 is 0.565 bits per heavy atom. The van der Waals surface area contributed by atoms with Crippen LogP contribution in [0.3, 0.4) is 0 Å². The lowest BCUT2D eigenvalue weighted by atomic mass is 10.1. The summed E-state index contributed by atoms with van der Waals surface area (Å²) in [4.78, 5) is 0. The smallest absolute Gasteiger partial charge is 0.0782 e. The summed E-state index contributed by atoms with van der Waals surface area (Å²) in [5, 5.41) is 0. The average Bonchev–Trinajstić information content (AvgIpc) is 2.48. The quantitative estimate of drug-likeness (QED) is 0.194. The zero-order valence-corrected chi connectivity index (χ0v) is 18.6. The molecule has 0 aromatic heterocycles. The molecule has 0 aliphatic heterocycles. The summed E-state index contributed by atoms with van der Waals surface area (Å²) in [5.41, 5.74) is 0. The van der Waals surface area contributed by atoms with Gasteiger partial charge in [0.1, 0.15) is 0 Å². The van der Waals surface area contributed by atoms with Crippen LogP contribution >= 0.6 is 11.6 Å². The summed E-state index contributed by atoms with van der Waals surface area (Å²) >= 11 is 5.75. The topological polar surface area (TPSA) is 0 Å². The Hall–Kier alpha value is 0.730. The molecule has 0 atom stereocenters. The molecule has 3 heteroatoms. The van der Waals surface area contributed by atoms with E-state index in [1.807, 2.05) is 0 Å². The molecule has 1 nitrogen and oxygen atoms in total. The van der Waals surface area contributed by atoms with Gasteiger partial charge < -0.3 is 21.5 Å². The maximum Gasteiger partial charge on any atom is 0.0782 e. The molecule has 0 aliphatic carbocycles. The van der Waals surface area contributed by atoms with Crippen molar-refractivity contribution in [3.05, 3.63) is 0 Å². The van der Waals surface area contributed by atoms with Crippen LogP contribution in [0.5, 0.6) is 0 Å². The van der Waals surface area contributed by atoms with E-state index in [1.165, 1.54) is 107 Å². The molecule has 0 fully saturated rings. The highest BCUT2D eigenvalue weighted by molar-refractivity contribution is 6.17. The van der Waals surface area contributed by atoms with Crippen LogP contribution in [0, 0.1) is 0 Å². The van der Waals surface area contributed by atoms with Crippen LogP contribution in [0.2, 0.25) is 0 Å². The van der Waals surface area contributed by atoms with Gasteiger partial charge in [-0.25, -0.2) is 0 Å². The Balaban J connectivity index is 0. The van der Waals surface area contributed by atoms with Crippen LogP contribution in [0.1, 0.15) is 96.8 Å². The van der Waals surface area contributed by atoms with Crippen LogP contribution in [0.25, 0.3) is 0 Å². The van der Waals surface area contributed by atoms with Gasteiger partial charge in [-0.3, -0.25) is 0 Å². The minimum absolute atomic E-state index is 0. The van der Waals surface area contributed by atoms with E-state index in [4.69, 9.17) is 11.6 Å². The van der Waals surface area contributed by atoms with Gasteiger partial charge in [0.05, 0.1) is 27.2 Å². The molecule has 0 heterocycles. The summed E-state index contributed by atoms with van der Waals surface area (Å²) < 4.78 is 1.18. The van der Waals surface area contributed by atoms with Crippen LogP contribution in [0.4, 0.5) is 0 Å². The maximum absolute atomic E-state index is 5.75. The van der Waals surface area contributed by atoms with Crippen molar-refractivity contribution in [1.29, 1.82) is 0 Å². The number of alkyl halides is 1. The largest absolute Gasteiger partial charge is 1.00 e. The maximum atomic E-state index is 5.75. The summed E-state index contributed by atoms with van der Waals surface area (Å²) in [6.07, 6.45) is 19.7. The number of rotatable bonds is 17. The fraction of sp³-hybridized carbons (Fsp3) is 1.00. The van der Waals surface area contributed by atoms with E-state index in [1.54, 1.807) is 0 Å². The monoisotopic (exact) mass is 411 g/mol. The fourth-order valence-electron chi connectivity index (χ4n) is 3.13. The molecule has 0 spiro atoms. The molecule has 0 aromatic carbocycles. The number of hydrogen-bond donors (Lipinski definition) is 0. The first kappa shape index (κ1) is 26.0. The van der Waals surface area contributed by atoms with Gasteiger partial charge in [-0.2, -0.15) is 0 Å². The third-order valence-electron chi connectivity index (χ3n) is 4.76. The van der Waals surface area contributed by atoms with Gasteiger partial charge in [0, 0.05) is 5.88 Å². The highest BCUT2D eigenvalue weighted by Crippen LogP contribution is 2.13. The first-order valence-electron chi connectivity index (χ1n) is 10.0. The minimum atomic E-state index is 0. The molecule has 0 rings (SSSR count). The van der Waals surface area contributed by atoms with Crippen molar-refractivity contribution >= 4 is 11.6 Å². The number of hydrogen-bond acceptors (Lipinski definition) is 0. The van der Waals surface area contributed by atoms with E-state index in [9.17, 15) is 0 Å². The summed E-state index contributed by atoms with van der Waals surface area (Å²) in [7, 11) is 4.74. The number of quaternary nitrogens is 1. The van der Waals surface area contributed by atoms with Gasteiger partial charge in [-0.1, -0.05) is 71.1 Å². The molecule has 0 aliphatic rings. The number of nitrogens with zero attached hydrogens (tertiary/aromatic N) is 1. The molecule has 0 bridgehead atoms. The minimum Gasteiger partial charge on any atom is -1.00 e. The Labute approximate surface area is 162 Å². The highest BCUT2D eigenvalue weighted by Gasteiger charge is 2.13. The van der Waals surface area contributed by atoms with E-state index < -0.39 is 0 Å². The molecule has 0 saturated carbocycles. The zero-order chi connectivity index (χ0) is 16.5. The fourth-order valence-corrected chi connectivity index (χ4v) is 3.32. The lowest BCUT2D eigenvalue weighted by Crippen LogP contribution is -3.00. The predicted octanol–water partition coefficient (Wildman–Crippen LogP) is 3.79. The van der Waals surface area contributed by atoms with Gasteiger partial charge in [-0.05, 0) is 25.7 Å². The molecule has 23 heavy (non-hydrogen) atoms. The zero-order valence-electron chi connectivity index (χ0n) is 16.2. The lowest BCUT2D eigenvalue weighted by Gasteiger charge is -2.29. The van der Waals surface area contributed by atoms with Crippen LogP contribution in [-0.2, 0) is 0 Å². The van der Waals surface area contributed by atoms with Crippen molar-refractivity contribution in [2.24, 2.45) is 0 Å². The van der Waals surface area contributed by atoms with E-state index in [0.717, 1.165) is 5.88 Å². The second-order valence-electron chi connectivity index (χ2n) is 7.67. The molecule has 0 saturated heterocycles. The Bertz CT molecular complexity index is 222. The summed E-state index contributed by atoms with van der Waals surface area (Å²) in [6.45, 7) is 4.91. The van der Waals surface area contributed by atoms with Crippen molar-refractivity contribution in [2.75, 3.05) is 33.1 Å². The van der Waals surface area contributed by atoms with Gasteiger partial charge in [-0.15, -0.1) is 11.6 Å². The van der Waals surface area contributed by atoms with Crippen LogP contribution in [-0.4, -0.2) is 37.5 Å². The Morgan fingerprint density at radius 2 is 0.913 bits per heavy atom. The molecule has 142 valence electrons. The van der Waals surface area contributed by atoms with Crippen molar-refractivity contribution in [2.45, 2.75) is 96.8 Å². The first-order chi connectivity index (χ1) is 10.6. The lowest BCUT2D eigenvalue weighted by molar-refractivity contribution is -0.890. The highest BCUT2D eigenvalue weighted by atomic mass is 79.9. The summed E-state index contributed by atoms with van der Waals surface area (Å²) in [6, 6.07) is 0. The SMILES string of the molecule is CCCCCCCCCCCCCC[N+](C)(C)CCCCCl.[Br-]. The standard InChI is InChI=1S/C20H43ClN.BrH/c1-4-5-6-7-8-9-10-11-12-13-14-16-19-22(2,3)20-17-15-18-21;/h4-20H2,1-3H3;1H/q+1;/p-1. The van der Waals surface area contributed by atoms with Gasteiger partial charge in [0.2, 0.25) is 0 Å².